The van der Waals surface area contributed by atoms with E-state index < -0.39 is 20.6 Å². The number of phosphoric ester groups is 1. The van der Waals surface area contributed by atoms with Crippen LogP contribution in [0.2, 0.25) is 0 Å². The smallest absolute Gasteiger partial charge is 0.413 e. The van der Waals surface area contributed by atoms with Crippen LogP contribution in [0, 0.1) is 0 Å². The summed E-state index contributed by atoms with van der Waals surface area (Å²) in [6.45, 7) is 1.30. The summed E-state index contributed by atoms with van der Waals surface area (Å²) in [6.07, 6.45) is -3.90. The molecule has 0 aliphatic heterocycles. The molecule has 13 heavy (non-hydrogen) atoms. The summed E-state index contributed by atoms with van der Waals surface area (Å²) in [4.78, 5) is 0. The van der Waals surface area contributed by atoms with Crippen LogP contribution in [0.25, 0.3) is 0 Å². The van der Waals surface area contributed by atoms with Crippen molar-refractivity contribution in [2.75, 3.05) is 13.7 Å². The van der Waals surface area contributed by atoms with Crippen LogP contribution in [0.4, 0.5) is 13.2 Å². The van der Waals surface area contributed by atoms with Gasteiger partial charge in [-0.1, -0.05) is 6.58 Å². The van der Waals surface area contributed by atoms with Gasteiger partial charge in [0.1, 0.15) is 0 Å². The van der Waals surface area contributed by atoms with E-state index in [-0.39, 0.29) is 0 Å². The molecule has 0 rings (SSSR count). The van der Waals surface area contributed by atoms with Crippen molar-refractivity contribution in [1.82, 2.24) is 0 Å². The molecule has 1 unspecified atom stereocenters. The van der Waals surface area contributed by atoms with Crippen LogP contribution in [-0.2, 0) is 18.1 Å². The molecule has 8 heteroatoms. The summed E-state index contributed by atoms with van der Waals surface area (Å²) in [6, 6.07) is 0. The van der Waals surface area contributed by atoms with Crippen LogP contribution in [-0.4, -0.2) is 19.9 Å². The van der Waals surface area contributed by atoms with Crippen LogP contribution >= 0.6 is 7.82 Å². The third-order valence-electron chi connectivity index (χ3n) is 0.814. The van der Waals surface area contributed by atoms with Gasteiger partial charge in [0, 0.05) is 7.11 Å². The summed E-state index contributed by atoms with van der Waals surface area (Å²) in [7, 11) is -3.23. The predicted molar refractivity (Wildman–Crippen MR) is 37.9 cm³/mol. The Morgan fingerprint density at radius 2 is 2.08 bits per heavy atom. The van der Waals surface area contributed by atoms with E-state index in [0.717, 1.165) is 7.11 Å². The lowest BCUT2D eigenvalue weighted by Crippen LogP contribution is -2.16. The minimum Gasteiger partial charge on any atom is -0.413 e. The largest absolute Gasteiger partial charge is 0.529 e. The normalized spacial score (nSPS) is 16.3. The first kappa shape index (κ1) is 12.5. The van der Waals surface area contributed by atoms with Gasteiger partial charge in [-0.2, -0.15) is 13.2 Å². The molecular weight excluding hydrogens is 212 g/mol. The van der Waals surface area contributed by atoms with Crippen molar-refractivity contribution in [3.05, 3.63) is 12.8 Å². The molecule has 78 valence electrons. The molecule has 0 aromatic heterocycles. The molecule has 0 heterocycles. The fraction of sp³-hybridized carbons (Fsp3) is 0.600. The zero-order valence-electron chi connectivity index (χ0n) is 6.71. The van der Waals surface area contributed by atoms with E-state index in [0.29, 0.717) is 6.26 Å². The highest BCUT2D eigenvalue weighted by atomic mass is 31.2. The monoisotopic (exact) mass is 220 g/mol. The van der Waals surface area contributed by atoms with Gasteiger partial charge in [0.2, 0.25) is 0 Å². The number of halogens is 3. The topological polar surface area (TPSA) is 44.8 Å². The van der Waals surface area contributed by atoms with Gasteiger partial charge in [0.15, 0.2) is 6.61 Å². The summed E-state index contributed by atoms with van der Waals surface area (Å²) < 4.78 is 57.9. The zero-order chi connectivity index (χ0) is 10.5. The van der Waals surface area contributed by atoms with Gasteiger partial charge in [-0.05, 0) is 0 Å². The van der Waals surface area contributed by atoms with Crippen molar-refractivity contribution in [1.29, 1.82) is 0 Å². The highest BCUT2D eigenvalue weighted by Gasteiger charge is 2.35. The van der Waals surface area contributed by atoms with Gasteiger partial charge in [-0.3, -0.25) is 9.05 Å². The Morgan fingerprint density at radius 1 is 1.54 bits per heavy atom. The van der Waals surface area contributed by atoms with E-state index >= 15 is 0 Å². The molecule has 0 saturated carbocycles. The van der Waals surface area contributed by atoms with Gasteiger partial charge >= 0.3 is 14.0 Å². The highest BCUT2D eigenvalue weighted by molar-refractivity contribution is 7.48. The van der Waals surface area contributed by atoms with E-state index in [4.69, 9.17) is 0 Å². The summed E-state index contributed by atoms with van der Waals surface area (Å²) in [5, 5.41) is 0. The van der Waals surface area contributed by atoms with Crippen LogP contribution in [0.3, 0.4) is 0 Å². The third kappa shape index (κ3) is 5.68. The fourth-order valence-electron chi connectivity index (χ4n) is 0.370. The van der Waals surface area contributed by atoms with E-state index in [1.54, 1.807) is 0 Å². The average molecular weight is 220 g/mol. The van der Waals surface area contributed by atoms with E-state index in [1.165, 1.54) is 0 Å². The van der Waals surface area contributed by atoms with Crippen LogP contribution in [0.5, 0.6) is 0 Å². The van der Waals surface area contributed by atoms with Crippen LogP contribution < -0.4 is 0 Å². The van der Waals surface area contributed by atoms with Gasteiger partial charge in [-0.15, -0.1) is 0 Å². The standard InChI is InChI=1S/C5H8F3O4P/c1-3-11-13(9,10-2)12-4-5(6,7)8/h3H,1,4H2,2H3. The van der Waals surface area contributed by atoms with Gasteiger partial charge in [0.25, 0.3) is 0 Å². The van der Waals surface area contributed by atoms with Crippen LogP contribution in [0.15, 0.2) is 12.8 Å². The van der Waals surface area contributed by atoms with Gasteiger partial charge in [0.05, 0.1) is 6.26 Å². The molecule has 0 aromatic rings. The Balaban J connectivity index is 4.13. The molecule has 0 saturated heterocycles. The van der Waals surface area contributed by atoms with Crippen molar-refractivity contribution in [2.45, 2.75) is 6.18 Å². The fourth-order valence-corrected chi connectivity index (χ4v) is 1.11. The maximum Gasteiger partial charge on any atom is 0.529 e. The van der Waals surface area contributed by atoms with Crippen molar-refractivity contribution < 1.29 is 31.3 Å². The molecule has 0 spiro atoms. The first-order chi connectivity index (χ1) is 5.83. The first-order valence-electron chi connectivity index (χ1n) is 2.99. The minimum absolute atomic E-state index is 0.681. The Labute approximate surface area is 72.9 Å². The molecule has 0 aliphatic rings. The Bertz CT molecular complexity index is 214. The van der Waals surface area contributed by atoms with Gasteiger partial charge in [-0.25, -0.2) is 4.57 Å². The first-order valence-corrected chi connectivity index (χ1v) is 4.45. The second-order valence-electron chi connectivity index (χ2n) is 1.79. The maximum absolute atomic E-state index is 11.6. The lowest BCUT2D eigenvalue weighted by molar-refractivity contribution is -0.157. The Morgan fingerprint density at radius 3 is 2.38 bits per heavy atom. The molecule has 0 aliphatic carbocycles. The molecule has 0 radical (unpaired) electrons. The number of hydrogen-bond donors (Lipinski definition) is 0. The highest BCUT2D eigenvalue weighted by Crippen LogP contribution is 2.49. The average Bonchev–Trinajstić information content (AvgIpc) is 2.01. The van der Waals surface area contributed by atoms with Crippen molar-refractivity contribution in [2.24, 2.45) is 0 Å². The second-order valence-corrected chi connectivity index (χ2v) is 3.52. The molecule has 0 bridgehead atoms. The van der Waals surface area contributed by atoms with E-state index in [2.05, 4.69) is 20.2 Å². The molecule has 0 fully saturated rings. The summed E-state index contributed by atoms with van der Waals surface area (Å²) >= 11 is 0. The maximum atomic E-state index is 11.6. The molecule has 0 aromatic carbocycles. The zero-order valence-corrected chi connectivity index (χ0v) is 7.60. The van der Waals surface area contributed by atoms with Crippen molar-refractivity contribution >= 4 is 7.82 Å². The van der Waals surface area contributed by atoms with Crippen LogP contribution in [0.1, 0.15) is 0 Å². The summed E-state index contributed by atoms with van der Waals surface area (Å²) in [5.74, 6) is 0. The molecular formula is C5H8F3O4P. The third-order valence-corrected chi connectivity index (χ3v) is 2.11. The second kappa shape index (κ2) is 4.64. The lowest BCUT2D eigenvalue weighted by Gasteiger charge is -2.14. The minimum atomic E-state index is -4.58. The summed E-state index contributed by atoms with van der Waals surface area (Å²) in [5.41, 5.74) is 0. The SMILES string of the molecule is C=COP(=O)(OC)OCC(F)(F)F. The number of alkyl halides is 3. The van der Waals surface area contributed by atoms with Gasteiger partial charge < -0.3 is 4.52 Å². The quantitative estimate of drug-likeness (QED) is 0.527. The lowest BCUT2D eigenvalue weighted by atomic mass is 10.7. The van der Waals surface area contributed by atoms with E-state index in [9.17, 15) is 17.7 Å². The van der Waals surface area contributed by atoms with Crippen molar-refractivity contribution in [3.8, 4) is 0 Å². The molecule has 0 N–H and O–H groups in total. The molecule has 0 amide bonds. The van der Waals surface area contributed by atoms with Crippen molar-refractivity contribution in [3.63, 3.8) is 0 Å². The number of phosphoric acid groups is 1. The predicted octanol–water partition coefficient (Wildman–Crippen LogP) is 2.48. The molecule has 1 atom stereocenters. The molecule has 4 nitrogen and oxygen atoms in total. The Kier molecular flexibility index (Phi) is 4.46. The number of hydrogen-bond acceptors (Lipinski definition) is 4. The Hall–Kier alpha value is -0.520. The number of rotatable bonds is 5. The van der Waals surface area contributed by atoms with E-state index in [1.807, 2.05) is 0 Å².